The van der Waals surface area contributed by atoms with Gasteiger partial charge in [0.05, 0.1) is 25.1 Å². The monoisotopic (exact) mass is 365 g/mol. The number of nitrogen functional groups attached to an aromatic ring is 1. The number of nitrogens with two attached hydrogens (primary N) is 1. The van der Waals surface area contributed by atoms with Crippen LogP contribution >= 0.6 is 0 Å². The quantitative estimate of drug-likeness (QED) is 0.554. The smallest absolute Gasteiger partial charge is 0.167 e. The van der Waals surface area contributed by atoms with Crippen LogP contribution < -0.4 is 5.73 Å². The van der Waals surface area contributed by atoms with Gasteiger partial charge in [0.25, 0.3) is 0 Å². The van der Waals surface area contributed by atoms with E-state index in [1.807, 2.05) is 0 Å². The second-order valence-electron chi connectivity index (χ2n) is 6.85. The van der Waals surface area contributed by atoms with E-state index in [9.17, 15) is 15.3 Å². The van der Waals surface area contributed by atoms with Crippen molar-refractivity contribution in [2.45, 2.75) is 62.4 Å². The molecule has 0 spiro atoms. The molecule has 0 bridgehead atoms. The Morgan fingerprint density at radius 1 is 1.15 bits per heavy atom. The first-order valence-corrected chi connectivity index (χ1v) is 8.80. The van der Waals surface area contributed by atoms with Gasteiger partial charge in [-0.3, -0.25) is 4.57 Å². The van der Waals surface area contributed by atoms with Gasteiger partial charge in [0.15, 0.2) is 17.7 Å². The van der Waals surface area contributed by atoms with Gasteiger partial charge in [0.2, 0.25) is 0 Å². The molecule has 2 aromatic heterocycles. The Morgan fingerprint density at radius 3 is 2.77 bits per heavy atom. The van der Waals surface area contributed by atoms with Crippen molar-refractivity contribution >= 4 is 17.0 Å². The number of hydrogen-bond acceptors (Lipinski definition) is 9. The number of aliphatic hydroxyl groups excluding tert-OH is 3. The molecule has 142 valence electrons. The van der Waals surface area contributed by atoms with Crippen LogP contribution in [0.25, 0.3) is 11.2 Å². The van der Waals surface area contributed by atoms with Crippen LogP contribution in [0.1, 0.15) is 31.9 Å². The topological polar surface area (TPSA) is 149 Å². The lowest BCUT2D eigenvalue weighted by molar-refractivity contribution is -0.113. The van der Waals surface area contributed by atoms with E-state index in [-0.39, 0.29) is 18.5 Å². The number of anilines is 1. The molecule has 0 aromatic carbocycles. The molecule has 4 rings (SSSR count). The minimum atomic E-state index is -1.17. The van der Waals surface area contributed by atoms with Crippen LogP contribution in [0.2, 0.25) is 0 Å². The van der Waals surface area contributed by atoms with Crippen LogP contribution in [-0.4, -0.2) is 72.0 Å². The van der Waals surface area contributed by atoms with Crippen LogP contribution in [0.5, 0.6) is 0 Å². The highest BCUT2D eigenvalue weighted by molar-refractivity contribution is 5.81. The van der Waals surface area contributed by atoms with Gasteiger partial charge in [-0.05, 0) is 12.8 Å². The Bertz CT molecular complexity index is 771. The molecule has 2 fully saturated rings. The summed E-state index contributed by atoms with van der Waals surface area (Å²) in [6.45, 7) is 0.0835. The number of fused-ring (bicyclic) bond motifs is 1. The number of hydrogen-bond donors (Lipinski definition) is 4. The fraction of sp³-hybridized carbons (Fsp3) is 0.688. The molecule has 5 N–H and O–H groups in total. The summed E-state index contributed by atoms with van der Waals surface area (Å²) in [4.78, 5) is 12.2. The Labute approximate surface area is 149 Å². The molecule has 2 aliphatic rings. The zero-order valence-electron chi connectivity index (χ0n) is 14.2. The molecule has 1 saturated carbocycles. The molecule has 2 aromatic rings. The van der Waals surface area contributed by atoms with E-state index in [2.05, 4.69) is 15.0 Å². The van der Waals surface area contributed by atoms with Crippen molar-refractivity contribution in [3.63, 3.8) is 0 Å². The van der Waals surface area contributed by atoms with Crippen molar-refractivity contribution < 1.29 is 24.8 Å². The summed E-state index contributed by atoms with van der Waals surface area (Å²) in [6, 6.07) is 0. The highest BCUT2D eigenvalue weighted by Gasteiger charge is 2.45. The fourth-order valence-corrected chi connectivity index (χ4v) is 3.64. The van der Waals surface area contributed by atoms with E-state index in [0.29, 0.717) is 17.6 Å². The Hall–Kier alpha value is -1.85. The lowest BCUT2D eigenvalue weighted by Crippen LogP contribution is -2.38. The summed E-state index contributed by atoms with van der Waals surface area (Å²) in [7, 11) is 0. The van der Waals surface area contributed by atoms with E-state index in [0.717, 1.165) is 19.3 Å². The Balaban J connectivity index is 1.48. The fourth-order valence-electron chi connectivity index (χ4n) is 3.64. The summed E-state index contributed by atoms with van der Waals surface area (Å²) < 4.78 is 13.1. The van der Waals surface area contributed by atoms with Crippen LogP contribution in [0.4, 0.5) is 5.82 Å². The SMILES string of the molecule is Nc1ncnc2c1ncn2[C@@H]1O[C@H](CO[C@@H]2CCCC[C@H]2O)[C@@H](O)[C@H]1O. The van der Waals surface area contributed by atoms with Crippen molar-refractivity contribution in [1.82, 2.24) is 19.5 Å². The van der Waals surface area contributed by atoms with Crippen molar-refractivity contribution in [3.05, 3.63) is 12.7 Å². The summed E-state index contributed by atoms with van der Waals surface area (Å²) in [5.41, 5.74) is 6.60. The Morgan fingerprint density at radius 2 is 1.96 bits per heavy atom. The average Bonchev–Trinajstić information content (AvgIpc) is 3.18. The number of rotatable bonds is 4. The first kappa shape index (κ1) is 17.6. The molecule has 10 heteroatoms. The molecular weight excluding hydrogens is 342 g/mol. The first-order valence-electron chi connectivity index (χ1n) is 8.80. The summed E-state index contributed by atoms with van der Waals surface area (Å²) in [5, 5.41) is 30.7. The van der Waals surface area contributed by atoms with Crippen LogP contribution in [0, 0.1) is 0 Å². The summed E-state index contributed by atoms with van der Waals surface area (Å²) in [6.07, 6.45) is 1.58. The van der Waals surface area contributed by atoms with Crippen LogP contribution in [-0.2, 0) is 9.47 Å². The molecule has 1 saturated heterocycles. The molecule has 26 heavy (non-hydrogen) atoms. The molecule has 1 aliphatic heterocycles. The minimum absolute atomic E-state index is 0.0835. The zero-order valence-corrected chi connectivity index (χ0v) is 14.2. The van der Waals surface area contributed by atoms with E-state index >= 15 is 0 Å². The first-order chi connectivity index (χ1) is 12.6. The largest absolute Gasteiger partial charge is 0.390 e. The molecule has 6 atom stereocenters. The van der Waals surface area contributed by atoms with Crippen molar-refractivity contribution in [3.8, 4) is 0 Å². The van der Waals surface area contributed by atoms with Crippen LogP contribution in [0.3, 0.4) is 0 Å². The molecule has 1 aliphatic carbocycles. The van der Waals surface area contributed by atoms with E-state index in [1.54, 1.807) is 0 Å². The lowest BCUT2D eigenvalue weighted by atomic mass is 9.95. The van der Waals surface area contributed by atoms with Gasteiger partial charge in [0, 0.05) is 0 Å². The zero-order chi connectivity index (χ0) is 18.3. The van der Waals surface area contributed by atoms with Crippen molar-refractivity contribution in [2.75, 3.05) is 12.3 Å². The maximum absolute atomic E-state index is 10.4. The summed E-state index contributed by atoms with van der Waals surface area (Å²) >= 11 is 0. The number of nitrogens with zero attached hydrogens (tertiary/aromatic N) is 4. The second-order valence-corrected chi connectivity index (χ2v) is 6.85. The van der Waals surface area contributed by atoms with Gasteiger partial charge in [-0.25, -0.2) is 15.0 Å². The van der Waals surface area contributed by atoms with Crippen molar-refractivity contribution in [1.29, 1.82) is 0 Å². The number of aliphatic hydroxyl groups is 3. The van der Waals surface area contributed by atoms with E-state index in [4.69, 9.17) is 15.2 Å². The van der Waals surface area contributed by atoms with Gasteiger partial charge in [-0.15, -0.1) is 0 Å². The predicted octanol–water partition coefficient (Wildman–Crippen LogP) is -0.652. The molecule has 0 amide bonds. The van der Waals surface area contributed by atoms with Gasteiger partial charge >= 0.3 is 0 Å². The van der Waals surface area contributed by atoms with E-state index < -0.39 is 30.6 Å². The third-order valence-electron chi connectivity index (χ3n) is 5.14. The maximum Gasteiger partial charge on any atom is 0.167 e. The van der Waals surface area contributed by atoms with Gasteiger partial charge in [-0.1, -0.05) is 12.8 Å². The molecule has 10 nitrogen and oxygen atoms in total. The molecule has 0 unspecified atom stereocenters. The highest BCUT2D eigenvalue weighted by Crippen LogP contribution is 2.32. The number of imidazole rings is 1. The van der Waals surface area contributed by atoms with Gasteiger partial charge < -0.3 is 30.5 Å². The average molecular weight is 365 g/mol. The lowest BCUT2D eigenvalue weighted by Gasteiger charge is -2.29. The molecule has 3 heterocycles. The minimum Gasteiger partial charge on any atom is -0.390 e. The summed E-state index contributed by atoms with van der Waals surface area (Å²) in [5.74, 6) is 0.230. The second kappa shape index (κ2) is 7.05. The van der Waals surface area contributed by atoms with Gasteiger partial charge in [0.1, 0.15) is 30.2 Å². The third-order valence-corrected chi connectivity index (χ3v) is 5.14. The standard InChI is InChI=1S/C16H23N5O5/c17-14-11-15(19-6-18-14)21(7-20-11)16-13(24)12(23)10(26-16)5-25-9-4-2-1-3-8(9)22/h6-10,12-13,16,22-24H,1-5H2,(H2,17,18,19)/t8-,9-,10-,12-,13-,16-/m1/s1. The highest BCUT2D eigenvalue weighted by atomic mass is 16.6. The van der Waals surface area contributed by atoms with Crippen molar-refractivity contribution in [2.24, 2.45) is 0 Å². The van der Waals surface area contributed by atoms with Crippen LogP contribution in [0.15, 0.2) is 12.7 Å². The molecular formula is C16H23N5O5. The third kappa shape index (κ3) is 3.03. The normalized spacial score (nSPS) is 35.2. The number of ether oxygens (including phenoxy) is 2. The molecule has 0 radical (unpaired) electrons. The predicted molar refractivity (Wildman–Crippen MR) is 89.9 cm³/mol. The number of aromatic nitrogens is 4. The van der Waals surface area contributed by atoms with E-state index in [1.165, 1.54) is 17.2 Å². The van der Waals surface area contributed by atoms with Gasteiger partial charge in [-0.2, -0.15) is 0 Å². The maximum atomic E-state index is 10.4. The Kier molecular flexibility index (Phi) is 4.76.